The maximum atomic E-state index is 12.7. The summed E-state index contributed by atoms with van der Waals surface area (Å²) in [6.45, 7) is 13.4. The monoisotopic (exact) mass is 378 g/mol. The van der Waals surface area contributed by atoms with Crippen molar-refractivity contribution in [1.29, 1.82) is 0 Å². The van der Waals surface area contributed by atoms with Crippen LogP contribution in [0.25, 0.3) is 0 Å². The first kappa shape index (κ1) is 21.1. The van der Waals surface area contributed by atoms with E-state index < -0.39 is 11.7 Å². The largest absolute Gasteiger partial charge is 0.435 e. The molecule has 4 fully saturated rings. The van der Waals surface area contributed by atoms with Crippen molar-refractivity contribution < 1.29 is 14.3 Å². The number of carbonyl (C=O) groups is 1. The summed E-state index contributed by atoms with van der Waals surface area (Å²) in [4.78, 5) is 12.7. The predicted octanol–water partition coefficient (Wildman–Crippen LogP) is 6.21. The fourth-order valence-corrected chi connectivity index (χ4v) is 5.68. The second-order valence-electron chi connectivity index (χ2n) is 11.2. The molecule has 3 nitrogen and oxygen atoms in total. The Morgan fingerprint density at radius 1 is 0.926 bits per heavy atom. The van der Waals surface area contributed by atoms with Gasteiger partial charge in [0.25, 0.3) is 0 Å². The van der Waals surface area contributed by atoms with Crippen molar-refractivity contribution in [2.24, 2.45) is 40.4 Å². The third kappa shape index (κ3) is 4.89. The van der Waals surface area contributed by atoms with Crippen LogP contribution in [0.15, 0.2) is 0 Å². The second kappa shape index (κ2) is 8.05. The van der Waals surface area contributed by atoms with E-state index in [9.17, 15) is 4.79 Å². The molecule has 1 unspecified atom stereocenters. The van der Waals surface area contributed by atoms with Crippen molar-refractivity contribution in [3.8, 4) is 0 Å². The maximum Gasteiger partial charge on any atom is 0.313 e. The summed E-state index contributed by atoms with van der Waals surface area (Å²) in [7, 11) is 0. The van der Waals surface area contributed by atoms with E-state index in [-0.39, 0.29) is 11.4 Å². The van der Waals surface area contributed by atoms with E-state index in [2.05, 4.69) is 20.8 Å². The first-order valence-corrected chi connectivity index (χ1v) is 11.5. The van der Waals surface area contributed by atoms with Gasteiger partial charge < -0.3 is 9.47 Å². The van der Waals surface area contributed by atoms with Crippen molar-refractivity contribution in [3.63, 3.8) is 0 Å². The number of rotatable bonds is 9. The standard InChI is InChI=1S/C24H42O3/c1-7-23(3,4)14-21(27-22(25)24(5,6)8-2)26-15-20-18-10-16-9-17(12-18)13-19(20)11-16/h16-21H,7-15H2,1-6H3. The summed E-state index contributed by atoms with van der Waals surface area (Å²) in [5, 5.41) is 0. The Hall–Kier alpha value is -0.570. The van der Waals surface area contributed by atoms with Crippen LogP contribution in [0, 0.1) is 40.4 Å². The molecule has 0 N–H and O–H groups in total. The average Bonchev–Trinajstić information content (AvgIpc) is 2.60. The molecule has 0 spiro atoms. The predicted molar refractivity (Wildman–Crippen MR) is 109 cm³/mol. The third-order valence-electron chi connectivity index (χ3n) is 8.25. The van der Waals surface area contributed by atoms with E-state index in [1.165, 1.54) is 32.1 Å². The highest BCUT2D eigenvalue weighted by atomic mass is 16.7. The molecule has 4 rings (SSSR count). The molecule has 0 aromatic heterocycles. The van der Waals surface area contributed by atoms with Gasteiger partial charge in [0.2, 0.25) is 6.29 Å². The Balaban J connectivity index is 1.61. The van der Waals surface area contributed by atoms with Crippen molar-refractivity contribution in [1.82, 2.24) is 0 Å². The molecule has 0 heterocycles. The van der Waals surface area contributed by atoms with Crippen molar-refractivity contribution in [2.45, 2.75) is 99.2 Å². The van der Waals surface area contributed by atoms with E-state index in [0.717, 1.165) is 49.5 Å². The SMILES string of the molecule is CCC(C)(C)CC(OCC1C2CC3CC(C2)CC1C3)OC(=O)C(C)(C)CC. The van der Waals surface area contributed by atoms with Crippen LogP contribution in [-0.4, -0.2) is 18.9 Å². The molecule has 0 saturated heterocycles. The lowest BCUT2D eigenvalue weighted by atomic mass is 9.52. The number of hydrogen-bond donors (Lipinski definition) is 0. The molecule has 1 atom stereocenters. The van der Waals surface area contributed by atoms with Crippen LogP contribution in [-0.2, 0) is 14.3 Å². The lowest BCUT2D eigenvalue weighted by Gasteiger charge is -2.54. The van der Waals surface area contributed by atoms with Crippen LogP contribution in [0.1, 0.15) is 92.9 Å². The van der Waals surface area contributed by atoms with Gasteiger partial charge in [0, 0.05) is 6.42 Å². The minimum Gasteiger partial charge on any atom is -0.435 e. The van der Waals surface area contributed by atoms with Gasteiger partial charge in [0.05, 0.1) is 12.0 Å². The van der Waals surface area contributed by atoms with Crippen LogP contribution < -0.4 is 0 Å². The van der Waals surface area contributed by atoms with E-state index in [0.29, 0.717) is 5.92 Å². The van der Waals surface area contributed by atoms with Gasteiger partial charge in [-0.2, -0.15) is 0 Å². The van der Waals surface area contributed by atoms with Gasteiger partial charge in [-0.15, -0.1) is 0 Å². The van der Waals surface area contributed by atoms with E-state index in [4.69, 9.17) is 9.47 Å². The molecule has 0 aliphatic heterocycles. The van der Waals surface area contributed by atoms with E-state index in [1.807, 2.05) is 20.8 Å². The van der Waals surface area contributed by atoms with Gasteiger partial charge in [-0.05, 0) is 87.4 Å². The number of ether oxygens (including phenoxy) is 2. The maximum absolute atomic E-state index is 12.7. The van der Waals surface area contributed by atoms with Crippen molar-refractivity contribution in [3.05, 3.63) is 0 Å². The summed E-state index contributed by atoms with van der Waals surface area (Å²) < 4.78 is 12.3. The Labute approximate surface area is 167 Å². The summed E-state index contributed by atoms with van der Waals surface area (Å²) in [6.07, 6.45) is 9.34. The highest BCUT2D eigenvalue weighted by Gasteiger charge is 2.48. The molecule has 4 saturated carbocycles. The summed E-state index contributed by atoms with van der Waals surface area (Å²) in [5.74, 6) is 4.24. The number of carbonyl (C=O) groups excluding carboxylic acids is 1. The van der Waals surface area contributed by atoms with Crippen LogP contribution >= 0.6 is 0 Å². The van der Waals surface area contributed by atoms with Crippen LogP contribution in [0.4, 0.5) is 0 Å². The Bertz CT molecular complexity index is 494. The van der Waals surface area contributed by atoms with Crippen LogP contribution in [0.2, 0.25) is 0 Å². The van der Waals surface area contributed by atoms with Crippen LogP contribution in [0.3, 0.4) is 0 Å². The lowest BCUT2D eigenvalue weighted by Crippen LogP contribution is -2.47. The van der Waals surface area contributed by atoms with Gasteiger partial charge in [0.15, 0.2) is 0 Å². The minimum atomic E-state index is -0.444. The smallest absolute Gasteiger partial charge is 0.313 e. The van der Waals surface area contributed by atoms with Gasteiger partial charge in [0.1, 0.15) is 0 Å². The van der Waals surface area contributed by atoms with Gasteiger partial charge in [-0.3, -0.25) is 4.79 Å². The van der Waals surface area contributed by atoms with E-state index >= 15 is 0 Å². The first-order chi connectivity index (χ1) is 12.6. The molecule has 0 amide bonds. The zero-order chi connectivity index (χ0) is 19.8. The van der Waals surface area contributed by atoms with Crippen molar-refractivity contribution in [2.75, 3.05) is 6.61 Å². The average molecular weight is 379 g/mol. The highest BCUT2D eigenvalue weighted by Crippen LogP contribution is 2.56. The molecule has 156 valence electrons. The molecule has 4 aliphatic rings. The van der Waals surface area contributed by atoms with Crippen LogP contribution in [0.5, 0.6) is 0 Å². The van der Waals surface area contributed by atoms with Gasteiger partial charge >= 0.3 is 5.97 Å². The first-order valence-electron chi connectivity index (χ1n) is 11.5. The Kier molecular flexibility index (Phi) is 6.30. The summed E-state index contributed by atoms with van der Waals surface area (Å²) >= 11 is 0. The molecular weight excluding hydrogens is 336 g/mol. The van der Waals surface area contributed by atoms with Crippen molar-refractivity contribution >= 4 is 5.97 Å². The van der Waals surface area contributed by atoms with Gasteiger partial charge in [-0.25, -0.2) is 0 Å². The van der Waals surface area contributed by atoms with E-state index in [1.54, 1.807) is 0 Å². The zero-order valence-electron chi connectivity index (χ0n) is 18.6. The molecule has 4 bridgehead atoms. The lowest BCUT2D eigenvalue weighted by molar-refractivity contribution is -0.204. The molecular formula is C24H42O3. The zero-order valence-corrected chi connectivity index (χ0v) is 18.6. The number of hydrogen-bond acceptors (Lipinski definition) is 3. The quantitative estimate of drug-likeness (QED) is 0.353. The highest BCUT2D eigenvalue weighted by molar-refractivity contribution is 5.75. The Morgan fingerprint density at radius 3 is 1.96 bits per heavy atom. The summed E-state index contributed by atoms with van der Waals surface area (Å²) in [6, 6.07) is 0. The number of esters is 1. The molecule has 3 heteroatoms. The molecule has 4 aliphatic carbocycles. The normalized spacial score (nSPS) is 33.9. The third-order valence-corrected chi connectivity index (χ3v) is 8.25. The topological polar surface area (TPSA) is 35.5 Å². The molecule has 27 heavy (non-hydrogen) atoms. The minimum absolute atomic E-state index is 0.116. The van der Waals surface area contributed by atoms with Gasteiger partial charge in [-0.1, -0.05) is 34.1 Å². The Morgan fingerprint density at radius 2 is 1.48 bits per heavy atom. The molecule has 0 aromatic carbocycles. The fourth-order valence-electron chi connectivity index (χ4n) is 5.68. The molecule has 0 radical (unpaired) electrons. The summed E-state index contributed by atoms with van der Waals surface area (Å²) in [5.41, 5.74) is -0.327. The second-order valence-corrected chi connectivity index (χ2v) is 11.2. The molecule has 0 aromatic rings. The fraction of sp³-hybridized carbons (Fsp3) is 0.958.